The Morgan fingerprint density at radius 1 is 1.07 bits per heavy atom. The predicted molar refractivity (Wildman–Crippen MR) is 116 cm³/mol. The van der Waals surface area contributed by atoms with Gasteiger partial charge in [0.05, 0.1) is 11.4 Å². The van der Waals surface area contributed by atoms with E-state index in [-0.39, 0.29) is 17.9 Å². The molecular formula is C23H19N3O2S. The van der Waals surface area contributed by atoms with E-state index in [0.29, 0.717) is 21.8 Å². The highest BCUT2D eigenvalue weighted by molar-refractivity contribution is 7.17. The summed E-state index contributed by atoms with van der Waals surface area (Å²) in [5, 5.41) is 5.88. The van der Waals surface area contributed by atoms with Crippen molar-refractivity contribution in [1.29, 1.82) is 0 Å². The summed E-state index contributed by atoms with van der Waals surface area (Å²) < 4.78 is 0. The number of carbonyl (C=O) groups excluding carboxylic acids is 2. The van der Waals surface area contributed by atoms with E-state index in [1.165, 1.54) is 11.3 Å². The zero-order valence-electron chi connectivity index (χ0n) is 15.9. The summed E-state index contributed by atoms with van der Waals surface area (Å²) in [7, 11) is 0. The number of thiophene rings is 1. The summed E-state index contributed by atoms with van der Waals surface area (Å²) in [6.07, 6.45) is 2.06. The van der Waals surface area contributed by atoms with Crippen molar-refractivity contribution in [1.82, 2.24) is 5.32 Å². The quantitative estimate of drug-likeness (QED) is 0.561. The van der Waals surface area contributed by atoms with Gasteiger partial charge in [-0.15, -0.1) is 11.3 Å². The molecule has 3 aromatic rings. The van der Waals surface area contributed by atoms with E-state index in [1.54, 1.807) is 24.3 Å². The summed E-state index contributed by atoms with van der Waals surface area (Å²) in [6.45, 7) is 9.04. The van der Waals surface area contributed by atoms with Gasteiger partial charge < -0.3 is 10.6 Å². The third-order valence-corrected chi connectivity index (χ3v) is 5.88. The molecule has 1 aromatic heterocycles. The average molecular weight is 401 g/mol. The van der Waals surface area contributed by atoms with Gasteiger partial charge in [-0.1, -0.05) is 24.3 Å². The Labute approximate surface area is 173 Å². The molecule has 2 N–H and O–H groups in total. The number of benzene rings is 2. The highest BCUT2D eigenvalue weighted by atomic mass is 32.1. The largest absolute Gasteiger partial charge is 0.349 e. The summed E-state index contributed by atoms with van der Waals surface area (Å²) in [5.74, 6) is -0.327. The van der Waals surface area contributed by atoms with E-state index in [4.69, 9.17) is 6.57 Å². The molecule has 29 heavy (non-hydrogen) atoms. The molecule has 1 aliphatic carbocycles. The summed E-state index contributed by atoms with van der Waals surface area (Å²) >= 11 is 1.37. The second kappa shape index (κ2) is 7.90. The lowest BCUT2D eigenvalue weighted by molar-refractivity contribution is 0.0949. The maximum Gasteiger partial charge on any atom is 0.265 e. The molecule has 0 unspecified atom stereocenters. The smallest absolute Gasteiger partial charge is 0.265 e. The zero-order chi connectivity index (χ0) is 20.4. The van der Waals surface area contributed by atoms with Crippen LogP contribution in [0, 0.1) is 13.5 Å². The average Bonchev–Trinajstić information content (AvgIpc) is 3.40. The first-order valence-corrected chi connectivity index (χ1v) is 10.2. The van der Waals surface area contributed by atoms with Crippen LogP contribution in [0.25, 0.3) is 15.3 Å². The minimum atomic E-state index is -0.217. The van der Waals surface area contributed by atoms with Crippen molar-refractivity contribution in [2.45, 2.75) is 25.8 Å². The molecule has 1 aliphatic rings. The molecule has 0 atom stereocenters. The van der Waals surface area contributed by atoms with Crippen LogP contribution in [0.5, 0.6) is 0 Å². The first-order chi connectivity index (χ1) is 14.0. The van der Waals surface area contributed by atoms with Crippen LogP contribution in [-0.2, 0) is 0 Å². The van der Waals surface area contributed by atoms with E-state index >= 15 is 0 Å². The van der Waals surface area contributed by atoms with Gasteiger partial charge >= 0.3 is 0 Å². The van der Waals surface area contributed by atoms with Crippen LogP contribution in [0.4, 0.5) is 11.4 Å². The van der Waals surface area contributed by atoms with Crippen molar-refractivity contribution in [2.24, 2.45) is 0 Å². The fourth-order valence-electron chi connectivity index (χ4n) is 2.92. The van der Waals surface area contributed by atoms with E-state index in [0.717, 1.165) is 28.8 Å². The monoisotopic (exact) mass is 401 g/mol. The van der Waals surface area contributed by atoms with E-state index in [9.17, 15) is 9.59 Å². The Morgan fingerprint density at radius 2 is 1.90 bits per heavy atom. The van der Waals surface area contributed by atoms with E-state index in [2.05, 4.69) is 15.5 Å². The Kier molecular flexibility index (Phi) is 5.15. The van der Waals surface area contributed by atoms with Gasteiger partial charge in [0.1, 0.15) is 0 Å². The fraction of sp³-hybridized carbons (Fsp3) is 0.174. The summed E-state index contributed by atoms with van der Waals surface area (Å²) in [5.41, 5.74) is 3.54. The highest BCUT2D eigenvalue weighted by Crippen LogP contribution is 2.31. The van der Waals surface area contributed by atoms with Gasteiger partial charge in [-0.05, 0) is 61.2 Å². The molecule has 1 fully saturated rings. The fourth-order valence-corrected chi connectivity index (χ4v) is 3.82. The molecular weight excluding hydrogens is 382 g/mol. The summed E-state index contributed by atoms with van der Waals surface area (Å²) in [4.78, 5) is 30.0. The summed E-state index contributed by atoms with van der Waals surface area (Å²) in [6, 6.07) is 16.6. The standard InChI is InChI=1S/C23H19N3O2S/c1-14-6-7-16(22(27)25-17-8-9-17)13-19(14)26-23(28)21-11-10-20(29-21)15-4-3-5-18(12-15)24-2/h3-7,10-13,17H,8-9H2,1H3,(H,25,27)(H,26,28). The molecule has 1 saturated carbocycles. The van der Waals surface area contributed by atoms with Crippen molar-refractivity contribution in [3.63, 3.8) is 0 Å². The van der Waals surface area contributed by atoms with Crippen LogP contribution < -0.4 is 10.6 Å². The van der Waals surface area contributed by atoms with Crippen molar-refractivity contribution < 1.29 is 9.59 Å². The number of hydrogen-bond donors (Lipinski definition) is 2. The molecule has 0 radical (unpaired) electrons. The van der Waals surface area contributed by atoms with Crippen LogP contribution in [0.15, 0.2) is 54.6 Å². The number of anilines is 1. The number of hydrogen-bond acceptors (Lipinski definition) is 3. The predicted octanol–water partition coefficient (Wildman–Crippen LogP) is 5.42. The topological polar surface area (TPSA) is 62.6 Å². The van der Waals surface area contributed by atoms with E-state index < -0.39 is 0 Å². The SMILES string of the molecule is [C-]#[N+]c1cccc(-c2ccc(C(=O)Nc3cc(C(=O)NC4CC4)ccc3C)s2)c1. The maximum absolute atomic E-state index is 12.8. The Balaban J connectivity index is 1.51. The molecule has 0 saturated heterocycles. The van der Waals surface area contributed by atoms with Crippen LogP contribution in [0.3, 0.4) is 0 Å². The molecule has 2 amide bonds. The number of carbonyl (C=O) groups is 2. The normalized spacial score (nSPS) is 12.8. The number of nitrogens with one attached hydrogen (secondary N) is 2. The minimum absolute atomic E-state index is 0.110. The first kappa shape index (κ1) is 18.9. The van der Waals surface area contributed by atoms with Crippen LogP contribution >= 0.6 is 11.3 Å². The molecule has 6 heteroatoms. The van der Waals surface area contributed by atoms with Gasteiger partial charge in [0.25, 0.3) is 11.8 Å². The lowest BCUT2D eigenvalue weighted by atomic mass is 10.1. The molecule has 4 rings (SSSR count). The van der Waals surface area contributed by atoms with Crippen molar-refractivity contribution >= 4 is 34.5 Å². The second-order valence-electron chi connectivity index (χ2n) is 7.06. The van der Waals surface area contributed by atoms with E-state index in [1.807, 2.05) is 37.3 Å². The molecule has 144 valence electrons. The van der Waals surface area contributed by atoms with Crippen LogP contribution in [-0.4, -0.2) is 17.9 Å². The third-order valence-electron chi connectivity index (χ3n) is 4.75. The van der Waals surface area contributed by atoms with Crippen LogP contribution in [0.1, 0.15) is 38.4 Å². The molecule has 2 aromatic carbocycles. The first-order valence-electron chi connectivity index (χ1n) is 9.34. The lowest BCUT2D eigenvalue weighted by Crippen LogP contribution is -2.25. The van der Waals surface area contributed by atoms with Crippen molar-refractivity contribution in [3.05, 3.63) is 82.0 Å². The number of nitrogens with zero attached hydrogens (tertiary/aromatic N) is 1. The highest BCUT2D eigenvalue weighted by Gasteiger charge is 2.24. The molecule has 1 heterocycles. The van der Waals surface area contributed by atoms with Gasteiger partial charge in [-0.25, -0.2) is 4.85 Å². The van der Waals surface area contributed by atoms with Crippen molar-refractivity contribution in [2.75, 3.05) is 5.32 Å². The van der Waals surface area contributed by atoms with Gasteiger partial charge in [0, 0.05) is 22.2 Å². The van der Waals surface area contributed by atoms with Crippen molar-refractivity contribution in [3.8, 4) is 10.4 Å². The number of aryl methyl sites for hydroxylation is 1. The Hall–Kier alpha value is -3.43. The zero-order valence-corrected chi connectivity index (χ0v) is 16.7. The second-order valence-corrected chi connectivity index (χ2v) is 8.14. The number of rotatable bonds is 5. The van der Waals surface area contributed by atoms with Gasteiger partial charge in [0.2, 0.25) is 0 Å². The van der Waals surface area contributed by atoms with Gasteiger partial charge in [-0.2, -0.15) is 0 Å². The molecule has 0 bridgehead atoms. The number of amides is 2. The molecule has 5 nitrogen and oxygen atoms in total. The van der Waals surface area contributed by atoms with Gasteiger partial charge in [-0.3, -0.25) is 9.59 Å². The Morgan fingerprint density at radius 3 is 2.66 bits per heavy atom. The van der Waals surface area contributed by atoms with Gasteiger partial charge in [0.15, 0.2) is 5.69 Å². The minimum Gasteiger partial charge on any atom is -0.349 e. The Bertz CT molecular complexity index is 1140. The molecule has 0 spiro atoms. The lowest BCUT2D eigenvalue weighted by Gasteiger charge is -2.10. The maximum atomic E-state index is 12.8. The third kappa shape index (κ3) is 4.36. The van der Waals surface area contributed by atoms with Crippen LogP contribution in [0.2, 0.25) is 0 Å². The molecule has 0 aliphatic heterocycles.